The smallest absolute Gasteiger partial charge is 0.125 e. The number of benzene rings is 1. The molecular weight excluding hydrogens is 210 g/mol. The second kappa shape index (κ2) is 4.63. The Hall–Kier alpha value is -1.74. The molecule has 2 rings (SSSR count). The van der Waals surface area contributed by atoms with E-state index in [0.717, 1.165) is 17.1 Å². The van der Waals surface area contributed by atoms with Crippen LogP contribution in [0, 0.1) is 20.8 Å². The third kappa shape index (κ3) is 2.50. The molecule has 0 radical (unpaired) electrons. The Morgan fingerprint density at radius 1 is 1.06 bits per heavy atom. The highest BCUT2D eigenvalue weighted by Crippen LogP contribution is 2.20. The van der Waals surface area contributed by atoms with Crippen LogP contribution >= 0.6 is 0 Å². The normalized spacial score (nSPS) is 12.5. The summed E-state index contributed by atoms with van der Waals surface area (Å²) in [5, 5.41) is 0. The highest BCUT2D eigenvalue weighted by molar-refractivity contribution is 5.34. The Morgan fingerprint density at radius 3 is 2.47 bits per heavy atom. The van der Waals surface area contributed by atoms with Crippen molar-refractivity contribution in [3.05, 3.63) is 58.7 Å². The minimum atomic E-state index is -0.184. The minimum absolute atomic E-state index is 0.184. The lowest BCUT2D eigenvalue weighted by Gasteiger charge is -2.13. The van der Waals surface area contributed by atoms with Crippen molar-refractivity contribution in [2.75, 3.05) is 0 Å². The van der Waals surface area contributed by atoms with Crippen LogP contribution < -0.4 is 5.73 Å². The first-order valence-electron chi connectivity index (χ1n) is 5.70. The van der Waals surface area contributed by atoms with Gasteiger partial charge in [0, 0.05) is 6.20 Å². The summed E-state index contributed by atoms with van der Waals surface area (Å²) in [7, 11) is 0. The SMILES string of the molecule is Cc1nccc(C(N)c2ccc(C)c(C)c2)n1. The topological polar surface area (TPSA) is 51.8 Å². The van der Waals surface area contributed by atoms with Crippen molar-refractivity contribution >= 4 is 0 Å². The monoisotopic (exact) mass is 227 g/mol. The first-order valence-corrected chi connectivity index (χ1v) is 5.70. The van der Waals surface area contributed by atoms with E-state index in [9.17, 15) is 0 Å². The van der Waals surface area contributed by atoms with E-state index in [4.69, 9.17) is 5.73 Å². The van der Waals surface area contributed by atoms with E-state index in [-0.39, 0.29) is 6.04 Å². The fourth-order valence-electron chi connectivity index (χ4n) is 1.78. The van der Waals surface area contributed by atoms with Gasteiger partial charge in [-0.1, -0.05) is 18.2 Å². The largest absolute Gasteiger partial charge is 0.319 e. The maximum Gasteiger partial charge on any atom is 0.125 e. The van der Waals surface area contributed by atoms with Gasteiger partial charge in [-0.25, -0.2) is 9.97 Å². The van der Waals surface area contributed by atoms with E-state index in [1.807, 2.05) is 13.0 Å². The number of rotatable bonds is 2. The van der Waals surface area contributed by atoms with Gasteiger partial charge in [0.1, 0.15) is 5.82 Å². The molecule has 3 nitrogen and oxygen atoms in total. The molecule has 17 heavy (non-hydrogen) atoms. The van der Waals surface area contributed by atoms with Gasteiger partial charge in [-0.3, -0.25) is 0 Å². The van der Waals surface area contributed by atoms with E-state index in [0.29, 0.717) is 0 Å². The number of aromatic nitrogens is 2. The molecule has 0 aliphatic carbocycles. The molecule has 1 unspecified atom stereocenters. The number of nitrogens with zero attached hydrogens (tertiary/aromatic N) is 2. The van der Waals surface area contributed by atoms with Crippen LogP contribution in [-0.2, 0) is 0 Å². The molecule has 2 aromatic rings. The predicted octanol–water partition coefficient (Wildman–Crippen LogP) is 2.45. The van der Waals surface area contributed by atoms with Crippen LogP contribution in [0.25, 0.3) is 0 Å². The maximum absolute atomic E-state index is 6.21. The van der Waals surface area contributed by atoms with E-state index in [1.165, 1.54) is 11.1 Å². The first-order chi connectivity index (χ1) is 8.08. The summed E-state index contributed by atoms with van der Waals surface area (Å²) in [4.78, 5) is 8.45. The maximum atomic E-state index is 6.21. The van der Waals surface area contributed by atoms with Gasteiger partial charge < -0.3 is 5.73 Å². The highest BCUT2D eigenvalue weighted by atomic mass is 14.9. The standard InChI is InChI=1S/C14H17N3/c1-9-4-5-12(8-10(9)2)14(15)13-6-7-16-11(3)17-13/h4-8,14H,15H2,1-3H3. The molecule has 0 aliphatic heterocycles. The minimum Gasteiger partial charge on any atom is -0.319 e. The fourth-order valence-corrected chi connectivity index (χ4v) is 1.78. The predicted molar refractivity (Wildman–Crippen MR) is 68.7 cm³/mol. The fraction of sp³-hybridized carbons (Fsp3) is 0.286. The molecule has 0 spiro atoms. The van der Waals surface area contributed by atoms with Gasteiger partial charge in [-0.15, -0.1) is 0 Å². The molecule has 0 fully saturated rings. The molecule has 1 aromatic heterocycles. The summed E-state index contributed by atoms with van der Waals surface area (Å²) in [6.45, 7) is 6.06. The van der Waals surface area contributed by atoms with Gasteiger partial charge in [-0.05, 0) is 43.5 Å². The van der Waals surface area contributed by atoms with Gasteiger partial charge in [-0.2, -0.15) is 0 Å². The molecule has 0 saturated carbocycles. The molecule has 2 N–H and O–H groups in total. The lowest BCUT2D eigenvalue weighted by molar-refractivity contribution is 0.806. The van der Waals surface area contributed by atoms with Crippen molar-refractivity contribution in [1.82, 2.24) is 9.97 Å². The Bertz CT molecular complexity index is 535. The summed E-state index contributed by atoms with van der Waals surface area (Å²) in [6.07, 6.45) is 1.75. The first kappa shape index (κ1) is 11.7. The van der Waals surface area contributed by atoms with Crippen molar-refractivity contribution < 1.29 is 0 Å². The van der Waals surface area contributed by atoms with E-state index in [2.05, 4.69) is 42.0 Å². The van der Waals surface area contributed by atoms with Crippen molar-refractivity contribution in [1.29, 1.82) is 0 Å². The molecule has 0 amide bonds. The van der Waals surface area contributed by atoms with Crippen molar-refractivity contribution in [3.63, 3.8) is 0 Å². The van der Waals surface area contributed by atoms with E-state index in [1.54, 1.807) is 6.20 Å². The zero-order valence-corrected chi connectivity index (χ0v) is 10.4. The van der Waals surface area contributed by atoms with Gasteiger partial charge in [0.25, 0.3) is 0 Å². The van der Waals surface area contributed by atoms with Gasteiger partial charge in [0.05, 0.1) is 11.7 Å². The lowest BCUT2D eigenvalue weighted by atomic mass is 9.99. The van der Waals surface area contributed by atoms with Crippen LogP contribution in [0.5, 0.6) is 0 Å². The van der Waals surface area contributed by atoms with Gasteiger partial charge >= 0.3 is 0 Å². The third-order valence-electron chi connectivity index (χ3n) is 3.01. The van der Waals surface area contributed by atoms with Crippen LogP contribution in [0.1, 0.15) is 34.3 Å². The van der Waals surface area contributed by atoms with Crippen molar-refractivity contribution in [2.45, 2.75) is 26.8 Å². The van der Waals surface area contributed by atoms with Crippen LogP contribution in [0.3, 0.4) is 0 Å². The lowest BCUT2D eigenvalue weighted by Crippen LogP contribution is -2.14. The zero-order valence-electron chi connectivity index (χ0n) is 10.4. The molecule has 1 aromatic carbocycles. The summed E-state index contributed by atoms with van der Waals surface area (Å²) >= 11 is 0. The van der Waals surface area contributed by atoms with E-state index < -0.39 is 0 Å². The Balaban J connectivity index is 2.36. The quantitative estimate of drug-likeness (QED) is 0.857. The van der Waals surface area contributed by atoms with Crippen LogP contribution in [0.15, 0.2) is 30.5 Å². The Morgan fingerprint density at radius 2 is 1.82 bits per heavy atom. The van der Waals surface area contributed by atoms with E-state index >= 15 is 0 Å². The van der Waals surface area contributed by atoms with Crippen LogP contribution in [-0.4, -0.2) is 9.97 Å². The average molecular weight is 227 g/mol. The van der Waals surface area contributed by atoms with Gasteiger partial charge in [0.2, 0.25) is 0 Å². The molecule has 0 aliphatic rings. The molecule has 0 saturated heterocycles. The second-order valence-corrected chi connectivity index (χ2v) is 4.35. The molecule has 3 heteroatoms. The summed E-state index contributed by atoms with van der Waals surface area (Å²) in [5.74, 6) is 0.752. The molecule has 88 valence electrons. The summed E-state index contributed by atoms with van der Waals surface area (Å²) < 4.78 is 0. The molecule has 1 heterocycles. The van der Waals surface area contributed by atoms with Crippen LogP contribution in [0.4, 0.5) is 0 Å². The molecule has 1 atom stereocenters. The third-order valence-corrected chi connectivity index (χ3v) is 3.01. The average Bonchev–Trinajstić information content (AvgIpc) is 2.32. The molecular formula is C14H17N3. The van der Waals surface area contributed by atoms with Gasteiger partial charge in [0.15, 0.2) is 0 Å². The number of hydrogen-bond acceptors (Lipinski definition) is 3. The summed E-state index contributed by atoms with van der Waals surface area (Å²) in [5.41, 5.74) is 10.7. The molecule has 0 bridgehead atoms. The number of nitrogens with two attached hydrogens (primary N) is 1. The van der Waals surface area contributed by atoms with Crippen molar-refractivity contribution in [2.24, 2.45) is 5.73 Å². The summed E-state index contributed by atoms with van der Waals surface area (Å²) in [6, 6.07) is 7.96. The zero-order chi connectivity index (χ0) is 12.4. The van der Waals surface area contributed by atoms with Crippen molar-refractivity contribution in [3.8, 4) is 0 Å². The number of hydrogen-bond donors (Lipinski definition) is 1. The Labute approximate surface area is 102 Å². The number of aryl methyl sites for hydroxylation is 3. The van der Waals surface area contributed by atoms with Crippen LogP contribution in [0.2, 0.25) is 0 Å². The Kier molecular flexibility index (Phi) is 3.20. The highest BCUT2D eigenvalue weighted by Gasteiger charge is 2.11. The second-order valence-electron chi connectivity index (χ2n) is 4.35.